The summed E-state index contributed by atoms with van der Waals surface area (Å²) in [6, 6.07) is 5.58. The van der Waals surface area contributed by atoms with E-state index in [9.17, 15) is 4.79 Å². The molecule has 1 N–H and O–H groups in total. The predicted molar refractivity (Wildman–Crippen MR) is 66.1 cm³/mol. The number of hydrogen-bond donors (Lipinski definition) is 1. The summed E-state index contributed by atoms with van der Waals surface area (Å²) < 4.78 is 13.8. The minimum atomic E-state index is -0.165. The van der Waals surface area contributed by atoms with E-state index in [-0.39, 0.29) is 33.2 Å². The Labute approximate surface area is 105 Å². The third kappa shape index (κ3) is 3.12. The van der Waals surface area contributed by atoms with Gasteiger partial charge in [0.15, 0.2) is 0 Å². The molecule has 0 saturated heterocycles. The first kappa shape index (κ1) is 12.2. The Morgan fingerprint density at radius 2 is 2.29 bits per heavy atom. The molecule has 1 heterocycles. The van der Waals surface area contributed by atoms with Gasteiger partial charge >= 0.3 is 105 Å². The topological polar surface area (TPSA) is 63.0 Å². The summed E-state index contributed by atoms with van der Waals surface area (Å²) >= 11 is -0.0857. The van der Waals surface area contributed by atoms with Crippen LogP contribution in [-0.4, -0.2) is 33.2 Å². The monoisotopic (exact) mass is 299 g/mol. The molecule has 0 atom stereocenters. The third-order valence-corrected chi connectivity index (χ3v) is 3.25. The SMILES string of the molecule is CC(C)OCC(=O)Nc1cccc2c1N=[Se]=N2. The number of benzene rings is 1. The van der Waals surface area contributed by atoms with Crippen LogP contribution < -0.4 is 5.32 Å². The van der Waals surface area contributed by atoms with Crippen molar-refractivity contribution in [3.05, 3.63) is 18.2 Å². The molecule has 6 heteroatoms. The molecule has 90 valence electrons. The zero-order chi connectivity index (χ0) is 12.3. The summed E-state index contributed by atoms with van der Waals surface area (Å²) in [5.41, 5.74) is 2.35. The summed E-state index contributed by atoms with van der Waals surface area (Å²) in [4.78, 5) is 11.6. The van der Waals surface area contributed by atoms with Gasteiger partial charge in [-0.1, -0.05) is 0 Å². The molecule has 0 fully saturated rings. The van der Waals surface area contributed by atoms with Gasteiger partial charge in [-0.2, -0.15) is 0 Å². The molecule has 0 aliphatic carbocycles. The molecule has 5 nitrogen and oxygen atoms in total. The number of anilines is 1. The molecular formula is C11H13N3O2Se. The van der Waals surface area contributed by atoms with Crippen LogP contribution in [0, 0.1) is 0 Å². The fourth-order valence-electron chi connectivity index (χ4n) is 1.34. The van der Waals surface area contributed by atoms with Gasteiger partial charge in [-0.25, -0.2) is 0 Å². The first-order valence-corrected chi connectivity index (χ1v) is 6.83. The maximum atomic E-state index is 11.6. The quantitative estimate of drug-likeness (QED) is 0.881. The average Bonchev–Trinajstić information content (AvgIpc) is 2.75. The van der Waals surface area contributed by atoms with E-state index in [2.05, 4.69) is 13.2 Å². The van der Waals surface area contributed by atoms with Gasteiger partial charge in [-0.3, -0.25) is 0 Å². The zero-order valence-electron chi connectivity index (χ0n) is 9.64. The van der Waals surface area contributed by atoms with Crippen LogP contribution in [-0.2, 0) is 9.53 Å². The summed E-state index contributed by atoms with van der Waals surface area (Å²) in [5, 5.41) is 2.79. The van der Waals surface area contributed by atoms with Gasteiger partial charge in [0.25, 0.3) is 0 Å². The van der Waals surface area contributed by atoms with Crippen LogP contribution in [0.5, 0.6) is 0 Å². The number of nitrogens with zero attached hydrogens (tertiary/aromatic N) is 2. The van der Waals surface area contributed by atoms with E-state index in [4.69, 9.17) is 4.74 Å². The Bertz CT molecular complexity index is 507. The fourth-order valence-corrected chi connectivity index (χ4v) is 2.49. The normalized spacial score (nSPS) is 12.4. The van der Waals surface area contributed by atoms with Crippen LogP contribution in [0.15, 0.2) is 26.1 Å². The standard InChI is InChI=1S/C11H13N3O2Se/c1-7(2)16-6-10(15)12-8-4-3-5-9-11(8)14-17-13-9/h3-5,7H,6H2,1-2H3,(H,12,15). The van der Waals surface area contributed by atoms with Crippen molar-refractivity contribution in [1.29, 1.82) is 0 Å². The number of amides is 1. The van der Waals surface area contributed by atoms with Crippen molar-refractivity contribution in [2.75, 3.05) is 11.9 Å². The van der Waals surface area contributed by atoms with E-state index in [0.29, 0.717) is 5.69 Å². The van der Waals surface area contributed by atoms with Crippen molar-refractivity contribution in [2.24, 2.45) is 7.92 Å². The van der Waals surface area contributed by atoms with Gasteiger partial charge in [0, 0.05) is 0 Å². The van der Waals surface area contributed by atoms with Crippen LogP contribution in [0.1, 0.15) is 13.8 Å². The second-order valence-corrected chi connectivity index (χ2v) is 4.95. The second-order valence-electron chi connectivity index (χ2n) is 3.85. The van der Waals surface area contributed by atoms with Crippen molar-refractivity contribution >= 4 is 37.5 Å². The van der Waals surface area contributed by atoms with Crippen LogP contribution in [0.4, 0.5) is 17.1 Å². The van der Waals surface area contributed by atoms with Gasteiger partial charge < -0.3 is 0 Å². The predicted octanol–water partition coefficient (Wildman–Crippen LogP) is 2.40. The van der Waals surface area contributed by atoms with Crippen molar-refractivity contribution in [2.45, 2.75) is 20.0 Å². The van der Waals surface area contributed by atoms with E-state index >= 15 is 0 Å². The number of fused-ring (bicyclic) bond motifs is 1. The summed E-state index contributed by atoms with van der Waals surface area (Å²) in [5.74, 6) is -0.165. The second kappa shape index (κ2) is 5.40. The molecule has 1 aromatic rings. The molecule has 1 aliphatic rings. The molecule has 1 amide bonds. The number of carbonyl (C=O) groups is 1. The average molecular weight is 298 g/mol. The fraction of sp³-hybridized carbons (Fsp3) is 0.364. The molecule has 0 spiro atoms. The number of carbonyl (C=O) groups excluding carboxylic acids is 1. The van der Waals surface area contributed by atoms with Crippen molar-refractivity contribution in [3.63, 3.8) is 0 Å². The van der Waals surface area contributed by atoms with Gasteiger partial charge in [0.05, 0.1) is 0 Å². The van der Waals surface area contributed by atoms with E-state index in [1.54, 1.807) is 0 Å². The maximum absolute atomic E-state index is 11.6. The summed E-state index contributed by atoms with van der Waals surface area (Å²) in [7, 11) is 0. The van der Waals surface area contributed by atoms with E-state index in [1.807, 2.05) is 32.0 Å². The Hall–Kier alpha value is -1.23. The number of nitrogens with one attached hydrogen (secondary N) is 1. The van der Waals surface area contributed by atoms with Crippen LogP contribution in [0.2, 0.25) is 0 Å². The van der Waals surface area contributed by atoms with E-state index in [0.717, 1.165) is 11.4 Å². The van der Waals surface area contributed by atoms with E-state index < -0.39 is 0 Å². The first-order chi connectivity index (χ1) is 8.16. The minimum absolute atomic E-state index is 0.0465. The van der Waals surface area contributed by atoms with Crippen LogP contribution in [0.3, 0.4) is 0 Å². The number of hydrogen-bond acceptors (Lipinski definition) is 4. The Balaban J connectivity index is 2.03. The van der Waals surface area contributed by atoms with Gasteiger partial charge in [0.2, 0.25) is 0 Å². The summed E-state index contributed by atoms with van der Waals surface area (Å²) in [6.07, 6.45) is 0.0465. The Kier molecular flexibility index (Phi) is 3.89. The van der Waals surface area contributed by atoms with E-state index in [1.165, 1.54) is 0 Å². The number of rotatable bonds is 4. The molecule has 2 rings (SSSR count). The molecule has 0 saturated carbocycles. The molecule has 0 bridgehead atoms. The van der Waals surface area contributed by atoms with Gasteiger partial charge in [-0.05, 0) is 0 Å². The van der Waals surface area contributed by atoms with Crippen LogP contribution >= 0.6 is 0 Å². The molecule has 17 heavy (non-hydrogen) atoms. The molecule has 0 unspecified atom stereocenters. The molecule has 0 aromatic heterocycles. The first-order valence-electron chi connectivity index (χ1n) is 5.29. The van der Waals surface area contributed by atoms with Gasteiger partial charge in [0.1, 0.15) is 0 Å². The Morgan fingerprint density at radius 3 is 3.06 bits per heavy atom. The summed E-state index contributed by atoms with van der Waals surface area (Å²) in [6.45, 7) is 3.85. The van der Waals surface area contributed by atoms with Crippen LogP contribution in [0.25, 0.3) is 0 Å². The molecule has 1 aliphatic heterocycles. The molecule has 0 radical (unpaired) electrons. The molecule has 1 aromatic carbocycles. The van der Waals surface area contributed by atoms with Crippen molar-refractivity contribution in [3.8, 4) is 0 Å². The molecular weight excluding hydrogens is 285 g/mol. The van der Waals surface area contributed by atoms with Crippen molar-refractivity contribution < 1.29 is 9.53 Å². The Morgan fingerprint density at radius 1 is 1.47 bits per heavy atom. The number of ether oxygens (including phenoxy) is 1. The van der Waals surface area contributed by atoms with Gasteiger partial charge in [-0.15, -0.1) is 0 Å². The zero-order valence-corrected chi connectivity index (χ0v) is 11.3. The third-order valence-electron chi connectivity index (χ3n) is 2.11. The van der Waals surface area contributed by atoms with Crippen molar-refractivity contribution in [1.82, 2.24) is 0 Å².